The van der Waals surface area contributed by atoms with Gasteiger partial charge in [0, 0.05) is 34.5 Å². The highest BCUT2D eigenvalue weighted by Gasteiger charge is 2.04. The summed E-state index contributed by atoms with van der Waals surface area (Å²) in [5.74, 6) is -0.0920. The average Bonchev–Trinajstić information content (AvgIpc) is 2.60. The second kappa shape index (κ2) is 9.75. The molecule has 132 valence electrons. The number of non-ortho nitro benzene ring substituents is 1. The van der Waals surface area contributed by atoms with E-state index in [1.807, 2.05) is 24.3 Å². The van der Waals surface area contributed by atoms with Crippen LogP contribution in [0.3, 0.4) is 0 Å². The smallest absolute Gasteiger partial charge is 0.269 e. The van der Waals surface area contributed by atoms with Gasteiger partial charge in [-0.15, -0.1) is 0 Å². The first-order valence-electron chi connectivity index (χ1n) is 7.79. The van der Waals surface area contributed by atoms with E-state index >= 15 is 0 Å². The number of carbonyl (C=O) groups is 1. The quantitative estimate of drug-likeness (QED) is 0.337. The van der Waals surface area contributed by atoms with Crippen LogP contribution in [0.1, 0.15) is 6.42 Å². The Morgan fingerprint density at radius 2 is 1.64 bits per heavy atom. The van der Waals surface area contributed by atoms with Gasteiger partial charge in [-0.05, 0) is 49.4 Å². The SMILES string of the molecule is O=C(CNCCCNc1ccc([N+](=O)[O-])cc1)Nc1ccc(Br)cc1. The van der Waals surface area contributed by atoms with Crippen LogP contribution < -0.4 is 16.0 Å². The number of nitrogens with zero attached hydrogens (tertiary/aromatic N) is 1. The highest BCUT2D eigenvalue weighted by atomic mass is 79.9. The maximum absolute atomic E-state index is 11.8. The molecule has 0 aliphatic carbocycles. The molecule has 2 aromatic carbocycles. The van der Waals surface area contributed by atoms with Crippen molar-refractivity contribution in [3.8, 4) is 0 Å². The number of nitro groups is 1. The number of rotatable bonds is 9. The lowest BCUT2D eigenvalue weighted by Gasteiger charge is -2.08. The van der Waals surface area contributed by atoms with Crippen LogP contribution in [0.15, 0.2) is 53.0 Å². The first-order valence-corrected chi connectivity index (χ1v) is 8.58. The van der Waals surface area contributed by atoms with E-state index in [1.54, 1.807) is 12.1 Å². The first-order chi connectivity index (χ1) is 12.0. The second-order valence-corrected chi connectivity index (χ2v) is 6.23. The fraction of sp³-hybridized carbons (Fsp3) is 0.235. The van der Waals surface area contributed by atoms with Crippen molar-refractivity contribution in [2.45, 2.75) is 6.42 Å². The van der Waals surface area contributed by atoms with E-state index in [2.05, 4.69) is 31.9 Å². The van der Waals surface area contributed by atoms with Crippen molar-refractivity contribution in [2.75, 3.05) is 30.3 Å². The zero-order valence-corrected chi connectivity index (χ0v) is 15.1. The molecular formula is C17H19BrN4O3. The van der Waals surface area contributed by atoms with E-state index in [9.17, 15) is 14.9 Å². The van der Waals surface area contributed by atoms with Crippen molar-refractivity contribution >= 4 is 38.9 Å². The monoisotopic (exact) mass is 406 g/mol. The number of nitrogens with one attached hydrogen (secondary N) is 3. The Morgan fingerprint density at radius 1 is 1.00 bits per heavy atom. The molecule has 7 nitrogen and oxygen atoms in total. The zero-order chi connectivity index (χ0) is 18.1. The van der Waals surface area contributed by atoms with Gasteiger partial charge in [-0.1, -0.05) is 15.9 Å². The van der Waals surface area contributed by atoms with Crippen LogP contribution in [0.25, 0.3) is 0 Å². The summed E-state index contributed by atoms with van der Waals surface area (Å²) in [7, 11) is 0. The van der Waals surface area contributed by atoms with Crippen molar-refractivity contribution < 1.29 is 9.72 Å². The van der Waals surface area contributed by atoms with Crippen molar-refractivity contribution in [1.82, 2.24) is 5.32 Å². The fourth-order valence-electron chi connectivity index (χ4n) is 2.09. The fourth-order valence-corrected chi connectivity index (χ4v) is 2.35. The molecule has 1 amide bonds. The van der Waals surface area contributed by atoms with Gasteiger partial charge in [0.25, 0.3) is 5.69 Å². The van der Waals surface area contributed by atoms with Gasteiger partial charge in [0.1, 0.15) is 0 Å². The summed E-state index contributed by atoms with van der Waals surface area (Å²) in [4.78, 5) is 21.9. The van der Waals surface area contributed by atoms with Gasteiger partial charge in [0.2, 0.25) is 5.91 Å². The minimum absolute atomic E-state index is 0.0732. The van der Waals surface area contributed by atoms with E-state index in [-0.39, 0.29) is 18.1 Å². The second-order valence-electron chi connectivity index (χ2n) is 5.32. The summed E-state index contributed by atoms with van der Waals surface area (Å²) in [5.41, 5.74) is 1.66. The molecule has 0 radical (unpaired) electrons. The third-order valence-electron chi connectivity index (χ3n) is 3.35. The summed E-state index contributed by atoms with van der Waals surface area (Å²) in [6, 6.07) is 13.7. The lowest BCUT2D eigenvalue weighted by atomic mass is 10.3. The van der Waals surface area contributed by atoms with E-state index in [4.69, 9.17) is 0 Å². The Bertz CT molecular complexity index is 705. The van der Waals surface area contributed by atoms with Crippen LogP contribution in [-0.2, 0) is 4.79 Å². The van der Waals surface area contributed by atoms with Crippen molar-refractivity contribution in [3.05, 3.63) is 63.1 Å². The molecule has 0 bridgehead atoms. The van der Waals surface area contributed by atoms with Gasteiger partial charge in [-0.3, -0.25) is 14.9 Å². The molecule has 0 aromatic heterocycles. The van der Waals surface area contributed by atoms with Crippen LogP contribution >= 0.6 is 15.9 Å². The van der Waals surface area contributed by atoms with Crippen molar-refractivity contribution in [2.24, 2.45) is 0 Å². The Morgan fingerprint density at radius 3 is 2.28 bits per heavy atom. The number of hydrogen-bond donors (Lipinski definition) is 3. The predicted molar refractivity (Wildman–Crippen MR) is 102 cm³/mol. The van der Waals surface area contributed by atoms with Gasteiger partial charge in [-0.2, -0.15) is 0 Å². The van der Waals surface area contributed by atoms with Gasteiger partial charge >= 0.3 is 0 Å². The molecule has 0 spiro atoms. The topological polar surface area (TPSA) is 96.3 Å². The van der Waals surface area contributed by atoms with Crippen molar-refractivity contribution in [3.63, 3.8) is 0 Å². The van der Waals surface area contributed by atoms with Gasteiger partial charge in [0.15, 0.2) is 0 Å². The molecule has 2 aromatic rings. The first kappa shape index (κ1) is 18.9. The van der Waals surface area contributed by atoms with Crippen LogP contribution in [-0.4, -0.2) is 30.5 Å². The van der Waals surface area contributed by atoms with Crippen molar-refractivity contribution in [1.29, 1.82) is 0 Å². The lowest BCUT2D eigenvalue weighted by Crippen LogP contribution is -2.29. The third kappa shape index (κ3) is 6.90. The number of amides is 1. The molecule has 0 aliphatic heterocycles. The molecule has 0 heterocycles. The van der Waals surface area contributed by atoms with Gasteiger partial charge < -0.3 is 16.0 Å². The van der Waals surface area contributed by atoms with Gasteiger partial charge in [-0.25, -0.2) is 0 Å². The Kier molecular flexibility index (Phi) is 7.36. The number of benzene rings is 2. The predicted octanol–water partition coefficient (Wildman–Crippen LogP) is 3.39. The molecule has 25 heavy (non-hydrogen) atoms. The summed E-state index contributed by atoms with van der Waals surface area (Å²) < 4.78 is 0.962. The molecule has 3 N–H and O–H groups in total. The molecule has 8 heteroatoms. The largest absolute Gasteiger partial charge is 0.385 e. The minimum Gasteiger partial charge on any atom is -0.385 e. The van der Waals surface area contributed by atoms with E-state index in [0.29, 0.717) is 13.1 Å². The lowest BCUT2D eigenvalue weighted by molar-refractivity contribution is -0.384. The Balaban J connectivity index is 1.57. The standard InChI is InChI=1S/C17H19BrN4O3/c18-13-2-4-15(5-3-13)21-17(23)12-19-10-1-11-20-14-6-8-16(9-7-14)22(24)25/h2-9,19-20H,1,10-12H2,(H,21,23). The molecular weight excluding hydrogens is 388 g/mol. The molecule has 0 fully saturated rings. The number of nitro benzene ring substituents is 1. The molecule has 2 rings (SSSR count). The molecule has 0 unspecified atom stereocenters. The maximum atomic E-state index is 11.8. The average molecular weight is 407 g/mol. The van der Waals surface area contributed by atoms with Crippen LogP contribution in [0.4, 0.5) is 17.1 Å². The highest BCUT2D eigenvalue weighted by Crippen LogP contribution is 2.15. The molecule has 0 saturated heterocycles. The van der Waals surface area contributed by atoms with Crippen LogP contribution in [0, 0.1) is 10.1 Å². The Hall–Kier alpha value is -2.45. The summed E-state index contributed by atoms with van der Waals surface area (Å²) >= 11 is 3.34. The number of carbonyl (C=O) groups excluding carboxylic acids is 1. The number of anilines is 2. The summed E-state index contributed by atoms with van der Waals surface area (Å²) in [6.07, 6.45) is 0.822. The minimum atomic E-state index is -0.424. The number of hydrogen-bond acceptors (Lipinski definition) is 5. The maximum Gasteiger partial charge on any atom is 0.269 e. The van der Waals surface area contributed by atoms with Gasteiger partial charge in [0.05, 0.1) is 11.5 Å². The van der Waals surface area contributed by atoms with E-state index in [1.165, 1.54) is 12.1 Å². The summed E-state index contributed by atoms with van der Waals surface area (Å²) in [6.45, 7) is 1.64. The molecule has 0 saturated carbocycles. The zero-order valence-electron chi connectivity index (χ0n) is 13.5. The van der Waals surface area contributed by atoms with Crippen LogP contribution in [0.5, 0.6) is 0 Å². The van der Waals surface area contributed by atoms with E-state index < -0.39 is 4.92 Å². The molecule has 0 atom stereocenters. The normalized spacial score (nSPS) is 10.3. The highest BCUT2D eigenvalue weighted by molar-refractivity contribution is 9.10. The molecule has 0 aliphatic rings. The summed E-state index contributed by atoms with van der Waals surface area (Å²) in [5, 5.41) is 19.6. The van der Waals surface area contributed by atoms with Crippen LogP contribution in [0.2, 0.25) is 0 Å². The third-order valence-corrected chi connectivity index (χ3v) is 3.88. The number of halogens is 1. The van der Waals surface area contributed by atoms with E-state index in [0.717, 1.165) is 22.3 Å². The Labute approximate surface area is 154 Å².